The predicted octanol–water partition coefficient (Wildman–Crippen LogP) is 4.45. The van der Waals surface area contributed by atoms with Gasteiger partial charge >= 0.3 is 6.03 Å². The van der Waals surface area contributed by atoms with Crippen molar-refractivity contribution in [2.75, 3.05) is 18.4 Å². The van der Waals surface area contributed by atoms with Crippen LogP contribution in [0.2, 0.25) is 0 Å². The molecule has 2 aromatic rings. The summed E-state index contributed by atoms with van der Waals surface area (Å²) in [5.74, 6) is 0. The second kappa shape index (κ2) is 7.95. The van der Waals surface area contributed by atoms with Gasteiger partial charge < -0.3 is 10.2 Å². The minimum absolute atomic E-state index is 0.0642. The van der Waals surface area contributed by atoms with E-state index in [4.69, 9.17) is 0 Å². The summed E-state index contributed by atoms with van der Waals surface area (Å²) in [6, 6.07) is 16.2. The van der Waals surface area contributed by atoms with E-state index in [1.165, 1.54) is 5.56 Å². The van der Waals surface area contributed by atoms with Gasteiger partial charge in [-0.2, -0.15) is 0 Å². The summed E-state index contributed by atoms with van der Waals surface area (Å²) in [6.07, 6.45) is 0.904. The van der Waals surface area contributed by atoms with Crippen LogP contribution in [-0.2, 0) is 15.3 Å². The van der Waals surface area contributed by atoms with Gasteiger partial charge in [0, 0.05) is 18.8 Å². The molecule has 1 fully saturated rings. The lowest BCUT2D eigenvalue weighted by molar-refractivity contribution is 0.200. The molecular weight excluding hydrogens is 372 g/mol. The van der Waals surface area contributed by atoms with Crippen molar-refractivity contribution in [2.45, 2.75) is 49.2 Å². The first kappa shape index (κ1) is 20.4. The maximum atomic E-state index is 12.7. The summed E-state index contributed by atoms with van der Waals surface area (Å²) in [7, 11) is -3.35. The molecule has 2 amide bonds. The fourth-order valence-electron chi connectivity index (χ4n) is 3.43. The van der Waals surface area contributed by atoms with E-state index in [1.54, 1.807) is 35.2 Å². The van der Waals surface area contributed by atoms with Gasteiger partial charge in [-0.3, -0.25) is 0 Å². The van der Waals surface area contributed by atoms with Crippen LogP contribution in [0.15, 0.2) is 59.5 Å². The molecule has 0 saturated carbocycles. The predicted molar refractivity (Wildman–Crippen MR) is 112 cm³/mol. The fourth-order valence-corrected chi connectivity index (χ4v) is 5.18. The average molecular weight is 401 g/mol. The van der Waals surface area contributed by atoms with Crippen LogP contribution >= 0.6 is 0 Å². The minimum Gasteiger partial charge on any atom is -0.324 e. The smallest absolute Gasteiger partial charge is 0.321 e. The second-order valence-corrected chi connectivity index (χ2v) is 10.5. The van der Waals surface area contributed by atoms with Gasteiger partial charge in [0.05, 0.1) is 10.1 Å². The zero-order valence-electron chi connectivity index (χ0n) is 16.7. The van der Waals surface area contributed by atoms with Crippen LogP contribution in [0.5, 0.6) is 0 Å². The van der Waals surface area contributed by atoms with E-state index in [1.807, 2.05) is 24.3 Å². The lowest BCUT2D eigenvalue weighted by atomic mass is 9.87. The number of carbonyl (C=O) groups is 1. The van der Waals surface area contributed by atoms with Crippen LogP contribution in [0.3, 0.4) is 0 Å². The average Bonchev–Trinajstić information content (AvgIpc) is 2.68. The molecule has 0 aromatic heterocycles. The number of benzene rings is 2. The Balaban J connectivity index is 1.58. The molecule has 0 unspecified atom stereocenters. The lowest BCUT2D eigenvalue weighted by Gasteiger charge is -2.31. The van der Waals surface area contributed by atoms with Crippen molar-refractivity contribution in [2.24, 2.45) is 0 Å². The first-order chi connectivity index (χ1) is 13.2. The third-order valence-corrected chi connectivity index (χ3v) is 7.52. The molecule has 1 saturated heterocycles. The Bertz CT molecular complexity index is 909. The number of nitrogens with one attached hydrogen (secondary N) is 1. The molecule has 0 aliphatic carbocycles. The van der Waals surface area contributed by atoms with E-state index < -0.39 is 15.1 Å². The number of rotatable bonds is 3. The topological polar surface area (TPSA) is 66.5 Å². The molecule has 0 spiro atoms. The van der Waals surface area contributed by atoms with Crippen LogP contribution in [0, 0.1) is 0 Å². The van der Waals surface area contributed by atoms with Gasteiger partial charge in [-0.25, -0.2) is 13.2 Å². The Morgan fingerprint density at radius 2 is 1.54 bits per heavy atom. The molecule has 1 aliphatic rings. The van der Waals surface area contributed by atoms with Crippen molar-refractivity contribution >= 4 is 21.6 Å². The standard InChI is InChI=1S/C22H28N2O3S/c1-22(2,3)17-9-11-18(12-10-17)23-21(25)24-15-13-20(14-16-24)28(26,27)19-7-5-4-6-8-19/h4-12,20H,13-16H2,1-3H3,(H,23,25). The van der Waals surface area contributed by atoms with Gasteiger partial charge in [0.15, 0.2) is 9.84 Å². The van der Waals surface area contributed by atoms with Crippen molar-refractivity contribution in [1.29, 1.82) is 0 Å². The zero-order valence-corrected chi connectivity index (χ0v) is 17.5. The maximum Gasteiger partial charge on any atom is 0.321 e. The Morgan fingerprint density at radius 1 is 0.964 bits per heavy atom. The van der Waals surface area contributed by atoms with E-state index in [0.29, 0.717) is 30.8 Å². The number of sulfone groups is 1. The van der Waals surface area contributed by atoms with Gasteiger partial charge in [-0.05, 0) is 48.1 Å². The van der Waals surface area contributed by atoms with Gasteiger partial charge in [-0.1, -0.05) is 51.1 Å². The van der Waals surface area contributed by atoms with Crippen molar-refractivity contribution in [3.8, 4) is 0 Å². The normalized spacial score (nSPS) is 16.0. The van der Waals surface area contributed by atoms with Crippen LogP contribution in [0.4, 0.5) is 10.5 Å². The number of piperidine rings is 1. The largest absolute Gasteiger partial charge is 0.324 e. The van der Waals surface area contributed by atoms with Crippen molar-refractivity contribution in [3.63, 3.8) is 0 Å². The molecule has 2 aromatic carbocycles. The maximum absolute atomic E-state index is 12.7. The molecule has 28 heavy (non-hydrogen) atoms. The highest BCUT2D eigenvalue weighted by molar-refractivity contribution is 7.92. The van der Waals surface area contributed by atoms with Crippen LogP contribution in [0.25, 0.3) is 0 Å². The van der Waals surface area contributed by atoms with Crippen LogP contribution in [-0.4, -0.2) is 37.7 Å². The second-order valence-electron chi connectivity index (χ2n) is 8.30. The SMILES string of the molecule is CC(C)(C)c1ccc(NC(=O)N2CCC(S(=O)(=O)c3ccccc3)CC2)cc1. The highest BCUT2D eigenvalue weighted by Gasteiger charge is 2.32. The number of amides is 2. The van der Waals surface area contributed by atoms with E-state index in [9.17, 15) is 13.2 Å². The molecule has 1 N–H and O–H groups in total. The van der Waals surface area contributed by atoms with Crippen LogP contribution < -0.4 is 5.32 Å². The molecule has 6 heteroatoms. The summed E-state index contributed by atoms with van der Waals surface area (Å²) >= 11 is 0. The Kier molecular flexibility index (Phi) is 5.79. The molecular formula is C22H28N2O3S. The summed E-state index contributed by atoms with van der Waals surface area (Å²) in [6.45, 7) is 7.31. The summed E-state index contributed by atoms with van der Waals surface area (Å²) in [5.41, 5.74) is 2.02. The molecule has 3 rings (SSSR count). The number of carbonyl (C=O) groups excluding carboxylic acids is 1. The summed E-state index contributed by atoms with van der Waals surface area (Å²) in [4.78, 5) is 14.6. The third-order valence-electron chi connectivity index (χ3n) is 5.24. The monoisotopic (exact) mass is 400 g/mol. The Labute approximate surface area is 167 Å². The molecule has 0 radical (unpaired) electrons. The number of hydrogen-bond donors (Lipinski definition) is 1. The van der Waals surface area contributed by atoms with E-state index >= 15 is 0 Å². The number of hydrogen-bond acceptors (Lipinski definition) is 3. The number of anilines is 1. The van der Waals surface area contributed by atoms with E-state index in [-0.39, 0.29) is 11.4 Å². The highest BCUT2D eigenvalue weighted by atomic mass is 32.2. The van der Waals surface area contributed by atoms with Crippen molar-refractivity contribution in [3.05, 3.63) is 60.2 Å². The molecule has 1 aliphatic heterocycles. The first-order valence-corrected chi connectivity index (χ1v) is 11.2. The van der Waals surface area contributed by atoms with E-state index in [0.717, 1.165) is 5.69 Å². The van der Waals surface area contributed by atoms with Gasteiger partial charge in [0.2, 0.25) is 0 Å². The molecule has 0 bridgehead atoms. The molecule has 0 atom stereocenters. The van der Waals surface area contributed by atoms with Gasteiger partial charge in [0.25, 0.3) is 0 Å². The van der Waals surface area contributed by atoms with Gasteiger partial charge in [-0.15, -0.1) is 0 Å². The van der Waals surface area contributed by atoms with E-state index in [2.05, 4.69) is 26.1 Å². The highest BCUT2D eigenvalue weighted by Crippen LogP contribution is 2.26. The third kappa shape index (κ3) is 4.55. The molecule has 5 nitrogen and oxygen atoms in total. The zero-order chi connectivity index (χ0) is 20.4. The Hall–Kier alpha value is -2.34. The van der Waals surface area contributed by atoms with Crippen molar-refractivity contribution in [1.82, 2.24) is 4.90 Å². The fraction of sp³-hybridized carbons (Fsp3) is 0.409. The quantitative estimate of drug-likeness (QED) is 0.827. The summed E-state index contributed by atoms with van der Waals surface area (Å²) < 4.78 is 25.5. The van der Waals surface area contributed by atoms with Crippen LogP contribution in [0.1, 0.15) is 39.2 Å². The summed E-state index contributed by atoms with van der Waals surface area (Å²) in [5, 5.41) is 2.47. The van der Waals surface area contributed by atoms with Crippen molar-refractivity contribution < 1.29 is 13.2 Å². The number of likely N-dealkylation sites (tertiary alicyclic amines) is 1. The minimum atomic E-state index is -3.35. The number of urea groups is 1. The Morgan fingerprint density at radius 3 is 2.07 bits per heavy atom. The molecule has 1 heterocycles. The molecule has 150 valence electrons. The van der Waals surface area contributed by atoms with Gasteiger partial charge in [0.1, 0.15) is 0 Å². The number of nitrogens with zero attached hydrogens (tertiary/aromatic N) is 1. The first-order valence-electron chi connectivity index (χ1n) is 9.63. The lowest BCUT2D eigenvalue weighted by Crippen LogP contribution is -2.44.